The number of carbonyl (C=O) groups excluding carboxylic acids is 1. The van der Waals surface area contributed by atoms with Crippen LogP contribution in [0.4, 0.5) is 22.1 Å². The Morgan fingerprint density at radius 3 is 2.41 bits per heavy atom. The van der Waals surface area contributed by atoms with Gasteiger partial charge in [0.1, 0.15) is 17.2 Å². The highest BCUT2D eigenvalue weighted by Crippen LogP contribution is 2.42. The fourth-order valence-electron chi connectivity index (χ4n) is 3.00. The summed E-state index contributed by atoms with van der Waals surface area (Å²) in [5.74, 6) is 1.20. The summed E-state index contributed by atoms with van der Waals surface area (Å²) in [7, 11) is 0. The number of pyridine rings is 1. The van der Waals surface area contributed by atoms with E-state index in [1.807, 2.05) is 26.8 Å². The van der Waals surface area contributed by atoms with Crippen LogP contribution in [0, 0.1) is 5.41 Å². The quantitative estimate of drug-likeness (QED) is 0.811. The number of carbonyl (C=O) groups is 1. The van der Waals surface area contributed by atoms with Crippen molar-refractivity contribution in [2.45, 2.75) is 26.4 Å². The van der Waals surface area contributed by atoms with Crippen molar-refractivity contribution in [2.75, 3.05) is 42.5 Å². The first-order chi connectivity index (χ1) is 10.2. The van der Waals surface area contributed by atoms with Crippen LogP contribution in [-0.4, -0.2) is 47.8 Å². The number of hydrogen-bond acceptors (Lipinski definition) is 6. The summed E-state index contributed by atoms with van der Waals surface area (Å²) in [4.78, 5) is 20.2. The maximum Gasteiger partial charge on any atom is 0.410 e. The van der Waals surface area contributed by atoms with Crippen LogP contribution in [0.3, 0.4) is 0 Å². The fraction of sp³-hybridized carbons (Fsp3) is 0.600. The molecule has 1 amide bonds. The minimum Gasteiger partial charge on any atom is -0.444 e. The lowest BCUT2D eigenvalue weighted by Gasteiger charge is -2.60. The number of nitrogens with two attached hydrogens (primary N) is 2. The first-order valence-electron chi connectivity index (χ1n) is 7.42. The largest absolute Gasteiger partial charge is 0.444 e. The molecule has 0 bridgehead atoms. The molecule has 0 saturated carbocycles. The smallest absolute Gasteiger partial charge is 0.410 e. The Morgan fingerprint density at radius 2 is 1.86 bits per heavy atom. The molecule has 1 aromatic heterocycles. The van der Waals surface area contributed by atoms with Crippen molar-refractivity contribution in [3.63, 3.8) is 0 Å². The molecule has 7 nitrogen and oxygen atoms in total. The van der Waals surface area contributed by atoms with Gasteiger partial charge in [-0.05, 0) is 32.9 Å². The molecule has 120 valence electrons. The molecule has 22 heavy (non-hydrogen) atoms. The number of likely N-dealkylation sites (tertiary alicyclic amines) is 1. The van der Waals surface area contributed by atoms with E-state index in [0.29, 0.717) is 11.5 Å². The molecule has 0 unspecified atom stereocenters. The van der Waals surface area contributed by atoms with E-state index < -0.39 is 5.60 Å². The van der Waals surface area contributed by atoms with Crippen molar-refractivity contribution < 1.29 is 9.53 Å². The number of nitrogens with zero attached hydrogens (tertiary/aromatic N) is 3. The van der Waals surface area contributed by atoms with Gasteiger partial charge < -0.3 is 26.0 Å². The summed E-state index contributed by atoms with van der Waals surface area (Å²) in [6.07, 6.45) is -0.230. The van der Waals surface area contributed by atoms with E-state index in [1.54, 1.807) is 11.0 Å². The van der Waals surface area contributed by atoms with Gasteiger partial charge >= 0.3 is 6.09 Å². The topological polar surface area (TPSA) is 97.7 Å². The van der Waals surface area contributed by atoms with Gasteiger partial charge in [-0.1, -0.05) is 0 Å². The van der Waals surface area contributed by atoms with E-state index in [9.17, 15) is 4.79 Å². The monoisotopic (exact) mass is 305 g/mol. The minimum absolute atomic E-state index is 0.175. The second-order valence-electron chi connectivity index (χ2n) is 7.34. The summed E-state index contributed by atoms with van der Waals surface area (Å²) in [5, 5.41) is 0. The van der Waals surface area contributed by atoms with Crippen LogP contribution in [0.1, 0.15) is 20.8 Å². The number of rotatable bonds is 1. The first-order valence-corrected chi connectivity index (χ1v) is 7.42. The van der Waals surface area contributed by atoms with E-state index in [4.69, 9.17) is 16.2 Å². The highest BCUT2D eigenvalue weighted by molar-refractivity contribution is 5.70. The molecular formula is C15H23N5O2. The second-order valence-corrected chi connectivity index (χ2v) is 7.34. The Morgan fingerprint density at radius 1 is 1.23 bits per heavy atom. The molecule has 3 rings (SSSR count). The molecule has 4 N–H and O–H groups in total. The predicted octanol–water partition coefficient (Wildman–Crippen LogP) is 1.30. The van der Waals surface area contributed by atoms with E-state index in [-0.39, 0.29) is 11.5 Å². The van der Waals surface area contributed by atoms with Gasteiger partial charge in [0, 0.05) is 31.6 Å². The van der Waals surface area contributed by atoms with Crippen LogP contribution in [0.15, 0.2) is 12.1 Å². The number of ether oxygens (including phenoxy) is 1. The van der Waals surface area contributed by atoms with Gasteiger partial charge in [0.15, 0.2) is 0 Å². The zero-order valence-electron chi connectivity index (χ0n) is 13.3. The number of amides is 1. The zero-order valence-corrected chi connectivity index (χ0v) is 13.3. The van der Waals surface area contributed by atoms with E-state index in [1.165, 1.54) is 0 Å². The molecule has 7 heteroatoms. The average molecular weight is 305 g/mol. The van der Waals surface area contributed by atoms with Gasteiger partial charge in [-0.15, -0.1) is 0 Å². The Hall–Kier alpha value is -2.18. The summed E-state index contributed by atoms with van der Waals surface area (Å²) < 4.78 is 5.37. The van der Waals surface area contributed by atoms with Gasteiger partial charge in [0.2, 0.25) is 0 Å². The van der Waals surface area contributed by atoms with Crippen molar-refractivity contribution >= 4 is 23.4 Å². The van der Waals surface area contributed by atoms with Crippen LogP contribution in [-0.2, 0) is 4.74 Å². The van der Waals surface area contributed by atoms with Gasteiger partial charge in [-0.25, -0.2) is 9.78 Å². The van der Waals surface area contributed by atoms with E-state index in [2.05, 4.69) is 9.88 Å². The lowest BCUT2D eigenvalue weighted by atomic mass is 9.73. The third-order valence-electron chi connectivity index (χ3n) is 4.02. The zero-order chi connectivity index (χ0) is 16.1. The molecule has 0 atom stereocenters. The summed E-state index contributed by atoms with van der Waals surface area (Å²) in [5.41, 5.74) is 11.6. The highest BCUT2D eigenvalue weighted by atomic mass is 16.6. The molecule has 1 aromatic rings. The van der Waals surface area contributed by atoms with Crippen LogP contribution in [0.25, 0.3) is 0 Å². The first kappa shape index (κ1) is 14.7. The molecule has 2 fully saturated rings. The van der Waals surface area contributed by atoms with Crippen molar-refractivity contribution in [1.82, 2.24) is 9.88 Å². The van der Waals surface area contributed by atoms with Crippen molar-refractivity contribution in [3.8, 4) is 0 Å². The third kappa shape index (κ3) is 2.63. The lowest BCUT2D eigenvalue weighted by molar-refractivity contribution is -0.0454. The Bertz CT molecular complexity index is 596. The average Bonchev–Trinajstić information content (AvgIpc) is 2.27. The Labute approximate surface area is 130 Å². The summed E-state index contributed by atoms with van der Waals surface area (Å²) >= 11 is 0. The van der Waals surface area contributed by atoms with Gasteiger partial charge in [-0.2, -0.15) is 0 Å². The standard InChI is InChI=1S/C15H23N5O2/c1-14(2,3)22-13(21)20-8-15(9-20)6-19(7-15)11-5-4-10(16)12(17)18-11/h4-5H,6-9,16H2,1-3H3,(H2,17,18). The maximum atomic E-state index is 11.9. The number of nitrogen functional groups attached to an aromatic ring is 2. The number of aromatic nitrogens is 1. The number of hydrogen-bond donors (Lipinski definition) is 2. The molecule has 1 spiro atoms. The van der Waals surface area contributed by atoms with Crippen LogP contribution >= 0.6 is 0 Å². The molecule has 2 saturated heterocycles. The predicted molar refractivity (Wildman–Crippen MR) is 85.5 cm³/mol. The molecule has 2 aliphatic heterocycles. The van der Waals surface area contributed by atoms with Gasteiger partial charge in [0.25, 0.3) is 0 Å². The van der Waals surface area contributed by atoms with Gasteiger partial charge in [0.05, 0.1) is 5.69 Å². The molecular weight excluding hydrogens is 282 g/mol. The van der Waals surface area contributed by atoms with Crippen LogP contribution in [0.5, 0.6) is 0 Å². The molecule has 0 aromatic carbocycles. The SMILES string of the molecule is CC(C)(C)OC(=O)N1CC2(C1)CN(c1ccc(N)c(N)n1)C2. The van der Waals surface area contributed by atoms with Gasteiger partial charge in [-0.3, -0.25) is 0 Å². The third-order valence-corrected chi connectivity index (χ3v) is 4.02. The summed E-state index contributed by atoms with van der Waals surface area (Å²) in [6.45, 7) is 8.87. The molecule has 0 radical (unpaired) electrons. The number of anilines is 3. The van der Waals surface area contributed by atoms with Crippen LogP contribution in [0.2, 0.25) is 0 Å². The van der Waals surface area contributed by atoms with Crippen molar-refractivity contribution in [1.29, 1.82) is 0 Å². The van der Waals surface area contributed by atoms with Crippen LogP contribution < -0.4 is 16.4 Å². The van der Waals surface area contributed by atoms with Crippen molar-refractivity contribution in [2.24, 2.45) is 5.41 Å². The molecule has 0 aliphatic carbocycles. The normalized spacial score (nSPS) is 19.6. The highest BCUT2D eigenvalue weighted by Gasteiger charge is 2.54. The molecule has 3 heterocycles. The second kappa shape index (κ2) is 4.66. The fourth-order valence-corrected chi connectivity index (χ4v) is 3.00. The lowest BCUT2D eigenvalue weighted by Crippen LogP contribution is -2.73. The Kier molecular flexibility index (Phi) is 3.12. The molecule has 2 aliphatic rings. The van der Waals surface area contributed by atoms with E-state index >= 15 is 0 Å². The van der Waals surface area contributed by atoms with E-state index in [0.717, 1.165) is 32.0 Å². The van der Waals surface area contributed by atoms with Crippen molar-refractivity contribution in [3.05, 3.63) is 12.1 Å². The Balaban J connectivity index is 1.52. The summed E-state index contributed by atoms with van der Waals surface area (Å²) in [6, 6.07) is 3.65. The minimum atomic E-state index is -0.448. The maximum absolute atomic E-state index is 11.9.